The molecule has 1 fully saturated rings. The lowest BCUT2D eigenvalue weighted by atomic mass is 10.0. The highest BCUT2D eigenvalue weighted by molar-refractivity contribution is 5.97. The van der Waals surface area contributed by atoms with E-state index in [9.17, 15) is 4.79 Å². The van der Waals surface area contributed by atoms with E-state index in [-0.39, 0.29) is 24.6 Å². The summed E-state index contributed by atoms with van der Waals surface area (Å²) < 4.78 is 5.34. The first-order valence-electron chi connectivity index (χ1n) is 7.27. The lowest BCUT2D eigenvalue weighted by Crippen LogP contribution is -2.33. The molecule has 1 aromatic carbocycles. The lowest BCUT2D eigenvalue weighted by molar-refractivity contribution is 0.0914. The average Bonchev–Trinajstić information content (AvgIpc) is 2.93. The smallest absolute Gasteiger partial charge is 0.252 e. The summed E-state index contributed by atoms with van der Waals surface area (Å²) in [5.74, 6) is 5.70. The third kappa shape index (κ3) is 4.07. The molecule has 0 spiro atoms. The Balaban J connectivity index is 2.13. The second-order valence-corrected chi connectivity index (χ2v) is 5.40. The second kappa shape index (κ2) is 7.26. The number of hydrogen-bond donors (Lipinski definition) is 2. The van der Waals surface area contributed by atoms with Crippen molar-refractivity contribution >= 4 is 5.91 Å². The molecule has 1 aromatic rings. The second-order valence-electron chi connectivity index (χ2n) is 5.40. The molecule has 0 aliphatic heterocycles. The zero-order valence-corrected chi connectivity index (χ0v) is 12.6. The number of carbonyl (C=O) groups is 1. The van der Waals surface area contributed by atoms with Crippen molar-refractivity contribution in [2.24, 2.45) is 5.73 Å². The number of hydrogen-bond acceptors (Lipinski definition) is 3. The maximum Gasteiger partial charge on any atom is 0.252 e. The van der Waals surface area contributed by atoms with Crippen LogP contribution in [0.15, 0.2) is 18.2 Å². The summed E-state index contributed by atoms with van der Waals surface area (Å²) in [6.45, 7) is 2.25. The van der Waals surface area contributed by atoms with E-state index in [0.717, 1.165) is 30.4 Å². The summed E-state index contributed by atoms with van der Waals surface area (Å²) >= 11 is 0. The molecule has 1 saturated carbocycles. The molecule has 112 valence electrons. The Morgan fingerprint density at radius 3 is 2.95 bits per heavy atom. The van der Waals surface area contributed by atoms with Crippen molar-refractivity contribution in [2.75, 3.05) is 13.7 Å². The van der Waals surface area contributed by atoms with E-state index in [1.807, 2.05) is 25.1 Å². The molecule has 1 aliphatic rings. The number of methoxy groups -OCH3 is 1. The van der Waals surface area contributed by atoms with Crippen LogP contribution in [0.2, 0.25) is 0 Å². The Morgan fingerprint density at radius 2 is 2.29 bits per heavy atom. The van der Waals surface area contributed by atoms with Crippen molar-refractivity contribution in [2.45, 2.75) is 38.3 Å². The predicted octanol–water partition coefficient (Wildman–Crippen LogP) is 1.60. The molecular weight excluding hydrogens is 264 g/mol. The van der Waals surface area contributed by atoms with Crippen LogP contribution in [0.4, 0.5) is 0 Å². The number of amides is 1. The Morgan fingerprint density at radius 1 is 1.48 bits per heavy atom. The summed E-state index contributed by atoms with van der Waals surface area (Å²) in [6, 6.07) is 5.88. The van der Waals surface area contributed by atoms with Gasteiger partial charge >= 0.3 is 0 Å². The topological polar surface area (TPSA) is 64.3 Å². The number of nitrogens with one attached hydrogen (secondary N) is 1. The number of rotatable bonds is 3. The van der Waals surface area contributed by atoms with Crippen LogP contribution in [0.3, 0.4) is 0 Å². The Hall–Kier alpha value is -1.83. The quantitative estimate of drug-likeness (QED) is 0.830. The molecule has 0 heterocycles. The Kier molecular flexibility index (Phi) is 5.38. The van der Waals surface area contributed by atoms with E-state index >= 15 is 0 Å². The fraction of sp³-hybridized carbons (Fsp3) is 0.471. The average molecular weight is 286 g/mol. The van der Waals surface area contributed by atoms with Crippen LogP contribution in [-0.4, -0.2) is 31.7 Å². The summed E-state index contributed by atoms with van der Waals surface area (Å²) in [4.78, 5) is 12.5. The summed E-state index contributed by atoms with van der Waals surface area (Å²) in [5.41, 5.74) is 7.80. The summed E-state index contributed by atoms with van der Waals surface area (Å²) in [7, 11) is 1.72. The third-order valence-electron chi connectivity index (χ3n) is 3.80. The monoisotopic (exact) mass is 286 g/mol. The molecule has 1 amide bonds. The van der Waals surface area contributed by atoms with Gasteiger partial charge in [0.05, 0.1) is 18.2 Å². The van der Waals surface area contributed by atoms with Crippen molar-refractivity contribution in [3.63, 3.8) is 0 Å². The van der Waals surface area contributed by atoms with Gasteiger partial charge in [-0.1, -0.05) is 23.5 Å². The van der Waals surface area contributed by atoms with Gasteiger partial charge in [0.15, 0.2) is 0 Å². The molecule has 4 heteroatoms. The summed E-state index contributed by atoms with van der Waals surface area (Å²) in [6.07, 6.45) is 3.08. The molecule has 4 nitrogen and oxygen atoms in total. The Bertz CT molecular complexity index is 572. The fourth-order valence-corrected chi connectivity index (χ4v) is 2.65. The molecule has 3 N–H and O–H groups in total. The van der Waals surface area contributed by atoms with Crippen molar-refractivity contribution < 1.29 is 9.53 Å². The van der Waals surface area contributed by atoms with E-state index in [1.54, 1.807) is 7.11 Å². The van der Waals surface area contributed by atoms with Gasteiger partial charge < -0.3 is 15.8 Å². The number of nitrogens with two attached hydrogens (primary N) is 1. The van der Waals surface area contributed by atoms with E-state index in [2.05, 4.69) is 17.2 Å². The van der Waals surface area contributed by atoms with Crippen LogP contribution in [-0.2, 0) is 4.74 Å². The van der Waals surface area contributed by atoms with Crippen molar-refractivity contribution in [3.05, 3.63) is 34.9 Å². The van der Waals surface area contributed by atoms with Gasteiger partial charge in [0.1, 0.15) is 0 Å². The molecule has 2 unspecified atom stereocenters. The molecule has 0 saturated heterocycles. The number of aryl methyl sites for hydroxylation is 1. The van der Waals surface area contributed by atoms with E-state index in [0.29, 0.717) is 5.56 Å². The lowest BCUT2D eigenvalue weighted by Gasteiger charge is -2.14. The molecule has 2 atom stereocenters. The molecule has 0 radical (unpaired) electrons. The van der Waals surface area contributed by atoms with E-state index in [1.165, 1.54) is 0 Å². The van der Waals surface area contributed by atoms with Crippen molar-refractivity contribution in [3.8, 4) is 11.8 Å². The maximum atomic E-state index is 12.5. The van der Waals surface area contributed by atoms with Gasteiger partial charge in [-0.05, 0) is 38.3 Å². The van der Waals surface area contributed by atoms with Gasteiger partial charge in [-0.25, -0.2) is 0 Å². The minimum Gasteiger partial charge on any atom is -0.381 e. The fourth-order valence-electron chi connectivity index (χ4n) is 2.65. The van der Waals surface area contributed by atoms with Gasteiger partial charge in [0.2, 0.25) is 0 Å². The standard InChI is InChI=1S/C17H22N2O2/c1-12-5-6-13(4-3-9-18)16(10-12)17(20)19-14-7-8-15(11-14)21-2/h5-6,10,14-15H,7-9,11,18H2,1-2H3,(H,19,20). The van der Waals surface area contributed by atoms with Gasteiger partial charge in [0, 0.05) is 18.7 Å². The molecule has 0 aromatic heterocycles. The first-order chi connectivity index (χ1) is 10.1. The van der Waals surface area contributed by atoms with Crippen molar-refractivity contribution in [1.29, 1.82) is 0 Å². The highest BCUT2D eigenvalue weighted by atomic mass is 16.5. The normalized spacial score (nSPS) is 20.7. The van der Waals surface area contributed by atoms with Crippen molar-refractivity contribution in [1.82, 2.24) is 5.32 Å². The molecule has 2 rings (SSSR count). The van der Waals surface area contributed by atoms with E-state index < -0.39 is 0 Å². The third-order valence-corrected chi connectivity index (χ3v) is 3.80. The molecule has 1 aliphatic carbocycles. The highest BCUT2D eigenvalue weighted by Crippen LogP contribution is 2.22. The number of carbonyl (C=O) groups excluding carboxylic acids is 1. The number of benzene rings is 1. The van der Waals surface area contributed by atoms with Gasteiger partial charge in [-0.15, -0.1) is 0 Å². The van der Waals surface area contributed by atoms with Gasteiger partial charge in [-0.3, -0.25) is 4.79 Å². The van der Waals surface area contributed by atoms with Crippen LogP contribution < -0.4 is 11.1 Å². The largest absolute Gasteiger partial charge is 0.381 e. The maximum absolute atomic E-state index is 12.5. The minimum absolute atomic E-state index is 0.0678. The highest BCUT2D eigenvalue weighted by Gasteiger charge is 2.26. The Labute approximate surface area is 126 Å². The first kappa shape index (κ1) is 15.6. The van der Waals surface area contributed by atoms with Crippen LogP contribution in [0.5, 0.6) is 0 Å². The van der Waals surface area contributed by atoms with Gasteiger partial charge in [-0.2, -0.15) is 0 Å². The zero-order valence-electron chi connectivity index (χ0n) is 12.6. The van der Waals surface area contributed by atoms with Crippen LogP contribution in [0, 0.1) is 18.8 Å². The van der Waals surface area contributed by atoms with E-state index in [4.69, 9.17) is 10.5 Å². The summed E-state index contributed by atoms with van der Waals surface area (Å²) in [5, 5.41) is 3.09. The van der Waals surface area contributed by atoms with Crippen LogP contribution >= 0.6 is 0 Å². The van der Waals surface area contributed by atoms with Crippen LogP contribution in [0.25, 0.3) is 0 Å². The molecule has 21 heavy (non-hydrogen) atoms. The van der Waals surface area contributed by atoms with Gasteiger partial charge in [0.25, 0.3) is 5.91 Å². The SMILES string of the molecule is COC1CCC(NC(=O)c2cc(C)ccc2C#CCN)C1. The number of ether oxygens (including phenoxy) is 1. The predicted molar refractivity (Wildman–Crippen MR) is 83.0 cm³/mol. The molecule has 0 bridgehead atoms. The molecular formula is C17H22N2O2. The minimum atomic E-state index is -0.0678. The van der Waals surface area contributed by atoms with Crippen LogP contribution in [0.1, 0.15) is 40.7 Å². The zero-order chi connectivity index (χ0) is 15.2. The first-order valence-corrected chi connectivity index (χ1v) is 7.27.